The molecule has 1 heterocycles. The van der Waals surface area contributed by atoms with E-state index in [1.165, 1.54) is 12.1 Å². The van der Waals surface area contributed by atoms with Gasteiger partial charge in [0.1, 0.15) is 0 Å². The molecule has 0 aliphatic carbocycles. The fourth-order valence-corrected chi connectivity index (χ4v) is 2.91. The van der Waals surface area contributed by atoms with Gasteiger partial charge >= 0.3 is 0 Å². The molecule has 23 heavy (non-hydrogen) atoms. The minimum Gasteiger partial charge on any atom is -0.351 e. The molecule has 8 heteroatoms. The first-order chi connectivity index (χ1) is 10.9. The zero-order valence-electron chi connectivity index (χ0n) is 12.6. The Morgan fingerprint density at radius 2 is 2.04 bits per heavy atom. The highest BCUT2D eigenvalue weighted by molar-refractivity contribution is 7.88. The highest BCUT2D eigenvalue weighted by atomic mass is 32.2. The lowest BCUT2D eigenvalue weighted by Gasteiger charge is -2.06. The second-order valence-electron chi connectivity index (χ2n) is 4.88. The summed E-state index contributed by atoms with van der Waals surface area (Å²) in [6, 6.07) is 8.04. The van der Waals surface area contributed by atoms with Crippen LogP contribution in [0.5, 0.6) is 0 Å². The van der Waals surface area contributed by atoms with Crippen molar-refractivity contribution in [2.75, 3.05) is 11.9 Å². The molecule has 0 spiro atoms. The van der Waals surface area contributed by atoms with E-state index in [1.807, 2.05) is 0 Å². The lowest BCUT2D eigenvalue weighted by atomic mass is 10.2. The topological polar surface area (TPSA) is 101 Å². The summed E-state index contributed by atoms with van der Waals surface area (Å²) in [5.74, 6) is -0.447. The van der Waals surface area contributed by atoms with E-state index in [2.05, 4.69) is 21.8 Å². The van der Waals surface area contributed by atoms with Crippen LogP contribution in [0, 0.1) is 6.92 Å². The van der Waals surface area contributed by atoms with E-state index >= 15 is 0 Å². The van der Waals surface area contributed by atoms with E-state index in [4.69, 9.17) is 4.52 Å². The quantitative estimate of drug-likeness (QED) is 0.752. The Morgan fingerprint density at radius 1 is 1.35 bits per heavy atom. The van der Waals surface area contributed by atoms with Crippen LogP contribution in [0.3, 0.4) is 0 Å². The summed E-state index contributed by atoms with van der Waals surface area (Å²) in [5, 5.41) is 6.29. The molecule has 0 unspecified atom stereocenters. The molecule has 0 atom stereocenters. The standard InChI is InChI=1S/C15H17N3O4S/c1-3-8-16-23(20,21)10-12-4-6-13(7-5-12)17-15(19)14-9-11(2)18-22-14/h3-7,9,16H,1,8,10H2,2H3,(H,17,19). The predicted molar refractivity (Wildman–Crippen MR) is 86.5 cm³/mol. The number of hydrogen-bond donors (Lipinski definition) is 2. The highest BCUT2D eigenvalue weighted by Gasteiger charge is 2.13. The number of amides is 1. The van der Waals surface area contributed by atoms with E-state index in [1.54, 1.807) is 31.2 Å². The smallest absolute Gasteiger partial charge is 0.294 e. The van der Waals surface area contributed by atoms with Crippen molar-refractivity contribution in [1.29, 1.82) is 0 Å². The average Bonchev–Trinajstić information content (AvgIpc) is 2.94. The largest absolute Gasteiger partial charge is 0.351 e. The summed E-state index contributed by atoms with van der Waals surface area (Å²) in [5.41, 5.74) is 1.75. The van der Waals surface area contributed by atoms with Gasteiger partial charge in [-0.25, -0.2) is 13.1 Å². The SMILES string of the molecule is C=CCNS(=O)(=O)Cc1ccc(NC(=O)c2cc(C)no2)cc1. The number of rotatable bonds is 7. The number of nitrogens with zero attached hydrogens (tertiary/aromatic N) is 1. The average molecular weight is 335 g/mol. The maximum Gasteiger partial charge on any atom is 0.294 e. The molecule has 0 saturated carbocycles. The van der Waals surface area contributed by atoms with Gasteiger partial charge in [-0.15, -0.1) is 6.58 Å². The summed E-state index contributed by atoms with van der Waals surface area (Å²) in [4.78, 5) is 11.9. The van der Waals surface area contributed by atoms with Gasteiger partial charge in [-0.2, -0.15) is 0 Å². The number of sulfonamides is 1. The Morgan fingerprint density at radius 3 is 2.61 bits per heavy atom. The van der Waals surface area contributed by atoms with Gasteiger partial charge in [0.2, 0.25) is 15.8 Å². The summed E-state index contributed by atoms with van der Waals surface area (Å²) < 4.78 is 30.8. The first-order valence-corrected chi connectivity index (χ1v) is 8.47. The maximum atomic E-state index is 11.9. The van der Waals surface area contributed by atoms with Gasteiger partial charge in [0.05, 0.1) is 11.4 Å². The predicted octanol–water partition coefficient (Wildman–Crippen LogP) is 1.84. The molecule has 2 aromatic rings. The second kappa shape index (κ2) is 7.21. The van der Waals surface area contributed by atoms with Gasteiger partial charge in [0.15, 0.2) is 0 Å². The second-order valence-corrected chi connectivity index (χ2v) is 6.69. The van der Waals surface area contributed by atoms with Gasteiger partial charge in [-0.3, -0.25) is 4.79 Å². The van der Waals surface area contributed by atoms with Crippen LogP contribution in [0.1, 0.15) is 21.8 Å². The monoisotopic (exact) mass is 335 g/mol. The number of carbonyl (C=O) groups is 1. The van der Waals surface area contributed by atoms with Crippen molar-refractivity contribution in [3.05, 3.63) is 60.0 Å². The summed E-state index contributed by atoms with van der Waals surface area (Å²) in [7, 11) is -3.40. The van der Waals surface area contributed by atoms with E-state index in [-0.39, 0.29) is 18.1 Å². The number of benzene rings is 1. The molecule has 0 saturated heterocycles. The fourth-order valence-electron chi connectivity index (χ4n) is 1.80. The molecule has 2 N–H and O–H groups in total. The van der Waals surface area contributed by atoms with E-state index in [9.17, 15) is 13.2 Å². The number of nitrogens with one attached hydrogen (secondary N) is 2. The third-order valence-electron chi connectivity index (χ3n) is 2.87. The van der Waals surface area contributed by atoms with Crippen LogP contribution in [-0.4, -0.2) is 26.0 Å². The zero-order valence-corrected chi connectivity index (χ0v) is 13.4. The zero-order chi connectivity index (χ0) is 16.9. The minimum absolute atomic E-state index is 0.114. The van der Waals surface area contributed by atoms with Crippen molar-refractivity contribution in [2.45, 2.75) is 12.7 Å². The highest BCUT2D eigenvalue weighted by Crippen LogP contribution is 2.13. The normalized spacial score (nSPS) is 11.2. The first kappa shape index (κ1) is 16.9. The van der Waals surface area contributed by atoms with Gasteiger partial charge in [0.25, 0.3) is 5.91 Å². The van der Waals surface area contributed by atoms with E-state index in [0.717, 1.165) is 0 Å². The van der Waals surface area contributed by atoms with Crippen LogP contribution >= 0.6 is 0 Å². The molecule has 0 aliphatic heterocycles. The van der Waals surface area contributed by atoms with Gasteiger partial charge < -0.3 is 9.84 Å². The lowest BCUT2D eigenvalue weighted by molar-refractivity contribution is 0.0988. The van der Waals surface area contributed by atoms with Crippen LogP contribution in [0.2, 0.25) is 0 Å². The molecule has 2 rings (SSSR count). The van der Waals surface area contributed by atoms with Gasteiger partial charge in [0, 0.05) is 18.3 Å². The van der Waals surface area contributed by atoms with Crippen molar-refractivity contribution in [1.82, 2.24) is 9.88 Å². The molecular formula is C15H17N3O4S. The molecule has 0 bridgehead atoms. The molecular weight excluding hydrogens is 318 g/mol. The van der Waals surface area contributed by atoms with Crippen LogP contribution in [0.25, 0.3) is 0 Å². The Bertz CT molecular complexity index is 794. The number of aryl methyl sites for hydroxylation is 1. The number of carbonyl (C=O) groups excluding carboxylic acids is 1. The molecule has 1 aromatic heterocycles. The van der Waals surface area contributed by atoms with Crippen molar-refractivity contribution in [3.8, 4) is 0 Å². The number of hydrogen-bond acceptors (Lipinski definition) is 5. The van der Waals surface area contributed by atoms with Crippen molar-refractivity contribution in [3.63, 3.8) is 0 Å². The Hall–Kier alpha value is -2.45. The summed E-state index contributed by atoms with van der Waals surface area (Å²) in [6.07, 6.45) is 1.47. The fraction of sp³-hybridized carbons (Fsp3) is 0.200. The van der Waals surface area contributed by atoms with Crippen LogP contribution in [0.4, 0.5) is 5.69 Å². The molecule has 0 aliphatic rings. The number of anilines is 1. The number of aromatic nitrogens is 1. The summed E-state index contributed by atoms with van der Waals surface area (Å²) in [6.45, 7) is 5.36. The Kier molecular flexibility index (Phi) is 5.30. The van der Waals surface area contributed by atoms with Crippen molar-refractivity contribution in [2.24, 2.45) is 0 Å². The Balaban J connectivity index is 1.99. The molecule has 0 fully saturated rings. The van der Waals surface area contributed by atoms with Crippen LogP contribution in [0.15, 0.2) is 47.5 Å². The third kappa shape index (κ3) is 5.04. The summed E-state index contributed by atoms with van der Waals surface area (Å²) >= 11 is 0. The van der Waals surface area contributed by atoms with E-state index < -0.39 is 15.9 Å². The molecule has 1 aromatic carbocycles. The van der Waals surface area contributed by atoms with Crippen LogP contribution in [-0.2, 0) is 15.8 Å². The maximum absolute atomic E-state index is 11.9. The van der Waals surface area contributed by atoms with Crippen molar-refractivity contribution >= 4 is 21.6 Å². The van der Waals surface area contributed by atoms with Crippen LogP contribution < -0.4 is 10.0 Å². The third-order valence-corrected chi connectivity index (χ3v) is 4.19. The van der Waals surface area contributed by atoms with E-state index in [0.29, 0.717) is 16.9 Å². The molecule has 1 amide bonds. The first-order valence-electron chi connectivity index (χ1n) is 6.81. The lowest BCUT2D eigenvalue weighted by Crippen LogP contribution is -2.25. The van der Waals surface area contributed by atoms with Gasteiger partial charge in [-0.1, -0.05) is 23.4 Å². The molecule has 0 radical (unpaired) electrons. The van der Waals surface area contributed by atoms with Crippen molar-refractivity contribution < 1.29 is 17.7 Å². The molecule has 7 nitrogen and oxygen atoms in total. The molecule has 122 valence electrons. The minimum atomic E-state index is -3.40. The Labute approximate surface area is 134 Å². The van der Waals surface area contributed by atoms with Gasteiger partial charge in [-0.05, 0) is 24.6 Å².